The van der Waals surface area contributed by atoms with E-state index in [1.165, 1.54) is 11.3 Å². The van der Waals surface area contributed by atoms with Gasteiger partial charge in [-0.3, -0.25) is 4.79 Å². The van der Waals surface area contributed by atoms with Gasteiger partial charge in [0.25, 0.3) is 5.91 Å². The minimum absolute atomic E-state index is 0.117. The number of hydrogen-bond acceptors (Lipinski definition) is 3. The van der Waals surface area contributed by atoms with E-state index in [0.29, 0.717) is 16.6 Å². The predicted octanol–water partition coefficient (Wildman–Crippen LogP) is 2.34. The van der Waals surface area contributed by atoms with Crippen molar-refractivity contribution < 1.29 is 4.79 Å². The molecule has 0 aromatic carbocycles. The van der Waals surface area contributed by atoms with Crippen LogP contribution in [0.3, 0.4) is 0 Å². The van der Waals surface area contributed by atoms with Gasteiger partial charge in [0.05, 0.1) is 5.69 Å². The second-order valence-corrected chi connectivity index (χ2v) is 4.82. The third-order valence-corrected chi connectivity index (χ3v) is 3.92. The van der Waals surface area contributed by atoms with Crippen LogP contribution in [-0.4, -0.2) is 23.4 Å². The average molecular weight is 224 g/mol. The van der Waals surface area contributed by atoms with Gasteiger partial charge in [-0.15, -0.1) is 11.3 Å². The summed E-state index contributed by atoms with van der Waals surface area (Å²) in [5, 5.41) is 1.87. The van der Waals surface area contributed by atoms with Crippen molar-refractivity contribution in [3.8, 4) is 0 Å². The number of amides is 1. The Balaban J connectivity index is 2.18. The minimum Gasteiger partial charge on any atom is -0.397 e. The fraction of sp³-hybridized carbons (Fsp3) is 0.545. The third kappa shape index (κ3) is 1.86. The Morgan fingerprint density at radius 1 is 1.73 bits per heavy atom. The molecule has 0 spiro atoms. The van der Waals surface area contributed by atoms with Crippen LogP contribution in [0.25, 0.3) is 0 Å². The lowest BCUT2D eigenvalue weighted by Crippen LogP contribution is -2.34. The summed E-state index contributed by atoms with van der Waals surface area (Å²) >= 11 is 1.44. The van der Waals surface area contributed by atoms with Crippen LogP contribution in [0.15, 0.2) is 11.4 Å². The van der Waals surface area contributed by atoms with Crippen molar-refractivity contribution in [1.82, 2.24) is 4.90 Å². The summed E-state index contributed by atoms with van der Waals surface area (Å²) in [6.07, 6.45) is 3.29. The number of carbonyl (C=O) groups excluding carboxylic acids is 1. The second-order valence-electron chi connectivity index (χ2n) is 3.91. The van der Waals surface area contributed by atoms with E-state index < -0.39 is 0 Å². The van der Waals surface area contributed by atoms with Gasteiger partial charge in [-0.25, -0.2) is 0 Å². The molecular weight excluding hydrogens is 208 g/mol. The summed E-state index contributed by atoms with van der Waals surface area (Å²) in [5.41, 5.74) is 6.38. The average Bonchev–Trinajstić information content (AvgIpc) is 2.84. The number of carbonyl (C=O) groups is 1. The number of rotatable bonds is 2. The van der Waals surface area contributed by atoms with Crippen molar-refractivity contribution >= 4 is 22.9 Å². The van der Waals surface area contributed by atoms with Crippen molar-refractivity contribution in [2.75, 3.05) is 12.3 Å². The lowest BCUT2D eigenvalue weighted by atomic mass is 10.1. The Bertz CT molecular complexity index is 361. The molecule has 15 heavy (non-hydrogen) atoms. The molecule has 0 saturated carbocycles. The molecule has 1 aromatic rings. The SMILES string of the molecule is CCC1CCCN1C(=O)c1sccc1N. The van der Waals surface area contributed by atoms with E-state index in [4.69, 9.17) is 5.73 Å². The van der Waals surface area contributed by atoms with Crippen LogP contribution in [-0.2, 0) is 0 Å². The largest absolute Gasteiger partial charge is 0.397 e. The molecule has 1 fully saturated rings. The summed E-state index contributed by atoms with van der Waals surface area (Å²) in [6.45, 7) is 3.02. The van der Waals surface area contributed by atoms with E-state index in [1.54, 1.807) is 6.07 Å². The van der Waals surface area contributed by atoms with Gasteiger partial charge in [0.1, 0.15) is 4.88 Å². The summed E-state index contributed by atoms with van der Waals surface area (Å²) < 4.78 is 0. The summed E-state index contributed by atoms with van der Waals surface area (Å²) in [4.78, 5) is 14.8. The lowest BCUT2D eigenvalue weighted by molar-refractivity contribution is 0.0739. The first-order valence-corrected chi connectivity index (χ1v) is 6.26. The molecule has 0 bridgehead atoms. The summed E-state index contributed by atoms with van der Waals surface area (Å²) in [6, 6.07) is 2.22. The normalized spacial score (nSPS) is 20.9. The molecule has 4 heteroatoms. The topological polar surface area (TPSA) is 46.3 Å². The van der Waals surface area contributed by atoms with Gasteiger partial charge in [-0.05, 0) is 30.7 Å². The molecule has 1 aliphatic rings. The highest BCUT2D eigenvalue weighted by Gasteiger charge is 2.29. The molecule has 1 saturated heterocycles. The van der Waals surface area contributed by atoms with Gasteiger partial charge in [-0.1, -0.05) is 6.92 Å². The quantitative estimate of drug-likeness (QED) is 0.838. The minimum atomic E-state index is 0.117. The van der Waals surface area contributed by atoms with Crippen molar-refractivity contribution in [3.63, 3.8) is 0 Å². The van der Waals surface area contributed by atoms with Crippen LogP contribution >= 0.6 is 11.3 Å². The van der Waals surface area contributed by atoms with E-state index in [0.717, 1.165) is 25.8 Å². The molecule has 1 aromatic heterocycles. The number of nitrogens with zero attached hydrogens (tertiary/aromatic N) is 1. The van der Waals surface area contributed by atoms with Crippen LogP contribution in [0, 0.1) is 0 Å². The van der Waals surface area contributed by atoms with Gasteiger partial charge in [0, 0.05) is 12.6 Å². The maximum absolute atomic E-state index is 12.2. The first-order valence-electron chi connectivity index (χ1n) is 5.38. The Morgan fingerprint density at radius 3 is 3.13 bits per heavy atom. The highest BCUT2D eigenvalue weighted by atomic mass is 32.1. The Hall–Kier alpha value is -1.03. The van der Waals surface area contributed by atoms with Crippen LogP contribution in [0.4, 0.5) is 5.69 Å². The molecule has 0 radical (unpaired) electrons. The van der Waals surface area contributed by atoms with Crippen LogP contribution in [0.2, 0.25) is 0 Å². The fourth-order valence-electron chi connectivity index (χ4n) is 2.15. The standard InChI is InChI=1S/C11H16N2OS/c1-2-8-4-3-6-13(8)11(14)10-9(12)5-7-15-10/h5,7-8H,2-4,6,12H2,1H3. The van der Waals surface area contributed by atoms with Gasteiger partial charge in [0.2, 0.25) is 0 Å². The number of nitrogens with two attached hydrogens (primary N) is 1. The highest BCUT2D eigenvalue weighted by molar-refractivity contribution is 7.12. The van der Waals surface area contributed by atoms with Gasteiger partial charge < -0.3 is 10.6 Å². The van der Waals surface area contributed by atoms with Crippen LogP contribution < -0.4 is 5.73 Å². The van der Waals surface area contributed by atoms with E-state index in [2.05, 4.69) is 6.92 Å². The van der Waals surface area contributed by atoms with Gasteiger partial charge in [-0.2, -0.15) is 0 Å². The number of thiophene rings is 1. The first-order chi connectivity index (χ1) is 7.24. The van der Waals surface area contributed by atoms with Crippen molar-refractivity contribution in [1.29, 1.82) is 0 Å². The molecule has 1 atom stereocenters. The first kappa shape index (κ1) is 10.5. The molecule has 82 valence electrons. The molecular formula is C11H16N2OS. The Labute approximate surface area is 93.9 Å². The van der Waals surface area contributed by atoms with Crippen LogP contribution in [0.1, 0.15) is 35.9 Å². The van der Waals surface area contributed by atoms with Crippen molar-refractivity contribution in [3.05, 3.63) is 16.3 Å². The zero-order valence-corrected chi connectivity index (χ0v) is 9.72. The zero-order chi connectivity index (χ0) is 10.8. The lowest BCUT2D eigenvalue weighted by Gasteiger charge is -2.23. The molecule has 1 unspecified atom stereocenters. The van der Waals surface area contributed by atoms with Crippen molar-refractivity contribution in [2.24, 2.45) is 0 Å². The molecule has 0 aliphatic carbocycles. The monoisotopic (exact) mass is 224 g/mol. The number of hydrogen-bond donors (Lipinski definition) is 1. The Morgan fingerprint density at radius 2 is 2.53 bits per heavy atom. The maximum atomic E-state index is 12.2. The number of likely N-dealkylation sites (tertiary alicyclic amines) is 1. The number of anilines is 1. The summed E-state index contributed by atoms with van der Waals surface area (Å²) in [7, 11) is 0. The third-order valence-electron chi connectivity index (χ3n) is 3.00. The molecule has 2 rings (SSSR count). The molecule has 2 N–H and O–H groups in total. The van der Waals surface area contributed by atoms with Crippen molar-refractivity contribution in [2.45, 2.75) is 32.2 Å². The Kier molecular flexibility index (Phi) is 2.95. The van der Waals surface area contributed by atoms with Crippen LogP contribution in [0.5, 0.6) is 0 Å². The van der Waals surface area contributed by atoms with E-state index >= 15 is 0 Å². The van der Waals surface area contributed by atoms with Gasteiger partial charge >= 0.3 is 0 Å². The van der Waals surface area contributed by atoms with Gasteiger partial charge in [0.15, 0.2) is 0 Å². The number of nitrogen functional groups attached to an aromatic ring is 1. The molecule has 3 nitrogen and oxygen atoms in total. The second kappa shape index (κ2) is 4.23. The molecule has 2 heterocycles. The molecule has 1 aliphatic heterocycles. The summed E-state index contributed by atoms with van der Waals surface area (Å²) in [5.74, 6) is 0.117. The zero-order valence-electron chi connectivity index (χ0n) is 8.90. The van der Waals surface area contributed by atoms with E-state index in [-0.39, 0.29) is 5.91 Å². The maximum Gasteiger partial charge on any atom is 0.266 e. The molecule has 1 amide bonds. The van der Waals surface area contributed by atoms with E-state index in [9.17, 15) is 4.79 Å². The predicted molar refractivity (Wildman–Crippen MR) is 63.1 cm³/mol. The highest BCUT2D eigenvalue weighted by Crippen LogP contribution is 2.26. The smallest absolute Gasteiger partial charge is 0.266 e. The van der Waals surface area contributed by atoms with E-state index in [1.807, 2.05) is 10.3 Å². The fourth-order valence-corrected chi connectivity index (χ4v) is 2.92.